The van der Waals surface area contributed by atoms with Gasteiger partial charge in [0.25, 0.3) is 0 Å². The van der Waals surface area contributed by atoms with Crippen LogP contribution in [-0.4, -0.2) is 61.0 Å². The van der Waals surface area contributed by atoms with Crippen molar-refractivity contribution in [3.63, 3.8) is 0 Å². The summed E-state index contributed by atoms with van der Waals surface area (Å²) < 4.78 is 6.74. The number of Topliss-reactive ketones (excluding diaryl/α,β-unsaturated/α-hetero) is 1. The molecule has 1 aromatic heterocycles. The van der Waals surface area contributed by atoms with Crippen molar-refractivity contribution in [1.29, 1.82) is 0 Å². The standard InChI is InChI=1S/C40H51N3O4S/c1-9-11-15-29(4)37-39(45)38(40(37)46)30(5)21-23-32(7)43(10-2)26-27-47-36(44)18-14-25-42(8)31(6)22-19-28(3)20-24-35-41-33-16-12-13-17-34(33)48-35/h9,11-13,15-17,19-24,30,32,38,45H,1,4,10,14,18,25-27H2,2-3,5-8H3/b15-11-,23-21-,24-20+,28-19+,31-22+. The second kappa shape index (κ2) is 18.9. The number of para-hydroxylation sites is 1. The molecule has 48 heavy (non-hydrogen) atoms. The predicted molar refractivity (Wildman–Crippen MR) is 197 cm³/mol. The Morgan fingerprint density at radius 3 is 2.62 bits per heavy atom. The number of esters is 1. The fraction of sp³-hybridized carbons (Fsp3) is 0.375. The predicted octanol–water partition coefficient (Wildman–Crippen LogP) is 6.01. The molecule has 8 heteroatoms. The number of fused-ring (bicyclic) bond motifs is 1. The van der Waals surface area contributed by atoms with Crippen molar-refractivity contribution in [2.24, 2.45) is 11.8 Å². The molecule has 1 N–H and O–H groups in total. The fourth-order valence-electron chi connectivity index (χ4n) is 5.45. The Morgan fingerprint density at radius 2 is 1.94 bits per heavy atom. The van der Waals surface area contributed by atoms with Crippen LogP contribution in [0.15, 0.2) is 114 Å². The second-order valence-corrected chi connectivity index (χ2v) is 13.4. The number of aromatic nitrogens is 1. The molecule has 0 saturated heterocycles. The van der Waals surface area contributed by atoms with Gasteiger partial charge in [-0.15, -0.1) is 17.1 Å². The molecule has 0 amide bonds. The molecule has 7 nitrogen and oxygen atoms in total. The van der Waals surface area contributed by atoms with E-state index in [9.17, 15) is 14.7 Å². The molecule has 1 heterocycles. The minimum atomic E-state index is -0.653. The summed E-state index contributed by atoms with van der Waals surface area (Å²) in [5.74, 6) is -1.34. The average Bonchev–Trinajstić information content (AvgIpc) is 3.49. The molecule has 3 rings (SSSR count). The summed E-state index contributed by atoms with van der Waals surface area (Å²) >= 11 is 1.68. The topological polar surface area (TPSA) is 87.0 Å². The number of nitrogens with zero attached hydrogens (tertiary/aromatic N) is 2. The monoisotopic (exact) mass is 669 g/mol. The van der Waals surface area contributed by atoms with Gasteiger partial charge in [0.15, 0.2) is 5.78 Å². The summed E-state index contributed by atoms with van der Waals surface area (Å²) in [7, 11) is 2.03. The van der Waals surface area contributed by atoms with Crippen molar-refractivity contribution >= 4 is 39.4 Å². The molecular formula is C40H51N3O4S. The van der Waals surface area contributed by atoms with E-state index < -0.39 is 5.92 Å². The van der Waals surface area contributed by atoms with Gasteiger partial charge in [0.2, 0.25) is 0 Å². The number of ether oxygens (including phenoxy) is 1. The lowest BCUT2D eigenvalue weighted by molar-refractivity contribution is -0.915. The van der Waals surface area contributed by atoms with Gasteiger partial charge in [0.1, 0.15) is 24.2 Å². The van der Waals surface area contributed by atoms with E-state index in [0.29, 0.717) is 31.6 Å². The van der Waals surface area contributed by atoms with Gasteiger partial charge in [0.05, 0.1) is 16.8 Å². The van der Waals surface area contributed by atoms with Crippen LogP contribution in [0.3, 0.4) is 0 Å². The third kappa shape index (κ3) is 10.9. The zero-order chi connectivity index (χ0) is 35.2. The van der Waals surface area contributed by atoms with Crippen LogP contribution in [0.5, 0.6) is 0 Å². The van der Waals surface area contributed by atoms with Crippen molar-refractivity contribution in [1.82, 2.24) is 9.88 Å². The van der Waals surface area contributed by atoms with Gasteiger partial charge < -0.3 is 19.6 Å². The van der Waals surface area contributed by atoms with E-state index in [-0.39, 0.29) is 35.0 Å². The lowest BCUT2D eigenvalue weighted by Crippen LogP contribution is -3.15. The van der Waals surface area contributed by atoms with Crippen molar-refractivity contribution in [2.75, 3.05) is 33.3 Å². The molecule has 1 aromatic carbocycles. The lowest BCUT2D eigenvalue weighted by Gasteiger charge is -2.39. The van der Waals surface area contributed by atoms with E-state index in [2.05, 4.69) is 81.1 Å². The molecule has 4 unspecified atom stereocenters. The number of likely N-dealkylation sites (N-methyl/N-ethyl adjacent to an activating group) is 1. The Hall–Kier alpha value is -4.27. The number of nitrogens with one attached hydrogen (secondary N) is 1. The SMILES string of the molecule is C=C/C=C\C(=C)C1=C([O-])C(C(C)/C=C\C(C)[NH+](CC)CCOC(=O)CCCN(C)/C(C)=C/C=C(C)/C=C/c2nc3ccccc3s2)C1=O. The summed E-state index contributed by atoms with van der Waals surface area (Å²) in [6.07, 6.45) is 18.3. The van der Waals surface area contributed by atoms with E-state index in [4.69, 9.17) is 4.74 Å². The number of quaternary nitrogens is 1. The first-order valence-corrected chi connectivity index (χ1v) is 17.5. The molecule has 1 aliphatic rings. The number of allylic oxidation sites excluding steroid dienone is 12. The third-order valence-corrected chi connectivity index (χ3v) is 9.69. The lowest BCUT2D eigenvalue weighted by atomic mass is 9.72. The molecular weight excluding hydrogens is 619 g/mol. The molecule has 0 radical (unpaired) electrons. The van der Waals surface area contributed by atoms with Crippen LogP contribution < -0.4 is 10.0 Å². The van der Waals surface area contributed by atoms with Gasteiger partial charge in [-0.25, -0.2) is 4.98 Å². The van der Waals surface area contributed by atoms with Crippen molar-refractivity contribution in [3.05, 3.63) is 119 Å². The van der Waals surface area contributed by atoms with Gasteiger partial charge in [-0.2, -0.15) is 0 Å². The molecule has 0 aliphatic heterocycles. The quantitative estimate of drug-likeness (QED) is 0.112. The van der Waals surface area contributed by atoms with Crippen LogP contribution in [0.1, 0.15) is 52.5 Å². The smallest absolute Gasteiger partial charge is 0.306 e. The van der Waals surface area contributed by atoms with Gasteiger partial charge in [-0.3, -0.25) is 9.59 Å². The van der Waals surface area contributed by atoms with Gasteiger partial charge in [-0.1, -0.05) is 74.2 Å². The maximum Gasteiger partial charge on any atom is 0.306 e. The van der Waals surface area contributed by atoms with Crippen LogP contribution >= 0.6 is 11.3 Å². The first kappa shape index (κ1) is 38.2. The zero-order valence-electron chi connectivity index (χ0n) is 29.3. The van der Waals surface area contributed by atoms with E-state index in [1.807, 2.05) is 44.3 Å². The molecule has 0 saturated carbocycles. The minimum Gasteiger partial charge on any atom is -0.874 e. The largest absolute Gasteiger partial charge is 0.874 e. The van der Waals surface area contributed by atoms with Crippen LogP contribution in [0.25, 0.3) is 16.3 Å². The minimum absolute atomic E-state index is 0.138. The molecule has 0 fully saturated rings. The molecule has 2 aromatic rings. The zero-order valence-corrected chi connectivity index (χ0v) is 30.1. The van der Waals surface area contributed by atoms with E-state index in [1.54, 1.807) is 29.6 Å². The molecule has 0 spiro atoms. The molecule has 256 valence electrons. The highest BCUT2D eigenvalue weighted by molar-refractivity contribution is 7.19. The molecule has 1 aliphatic carbocycles. The fourth-order valence-corrected chi connectivity index (χ4v) is 6.33. The summed E-state index contributed by atoms with van der Waals surface area (Å²) in [5.41, 5.74) is 3.90. The first-order chi connectivity index (χ1) is 23.0. The number of benzene rings is 1. The van der Waals surface area contributed by atoms with Crippen molar-refractivity contribution < 1.29 is 24.3 Å². The highest BCUT2D eigenvalue weighted by atomic mass is 32.1. The van der Waals surface area contributed by atoms with Crippen molar-refractivity contribution in [2.45, 2.75) is 53.5 Å². The molecule has 4 atom stereocenters. The Labute approximate surface area is 290 Å². The molecule has 0 bridgehead atoms. The highest BCUT2D eigenvalue weighted by Gasteiger charge is 2.36. The highest BCUT2D eigenvalue weighted by Crippen LogP contribution is 2.37. The number of carbonyl (C=O) groups excluding carboxylic acids is 2. The summed E-state index contributed by atoms with van der Waals surface area (Å²) in [5, 5.41) is 13.7. The van der Waals surface area contributed by atoms with Gasteiger partial charge >= 0.3 is 5.97 Å². The van der Waals surface area contributed by atoms with Crippen LogP contribution in [-0.2, 0) is 14.3 Å². The van der Waals surface area contributed by atoms with Crippen LogP contribution in [0.4, 0.5) is 0 Å². The van der Waals surface area contributed by atoms with Crippen LogP contribution in [0, 0.1) is 11.8 Å². The number of hydrogen-bond donors (Lipinski definition) is 1. The Kier molecular flexibility index (Phi) is 15.0. The van der Waals surface area contributed by atoms with Crippen LogP contribution in [0.2, 0.25) is 0 Å². The number of thiazole rings is 1. The number of hydrogen-bond acceptors (Lipinski definition) is 7. The maximum absolute atomic E-state index is 12.7. The first-order valence-electron chi connectivity index (χ1n) is 16.7. The van der Waals surface area contributed by atoms with Gasteiger partial charge in [0, 0.05) is 37.2 Å². The summed E-state index contributed by atoms with van der Waals surface area (Å²) in [4.78, 5) is 33.2. The number of ketones is 1. The second-order valence-electron chi connectivity index (χ2n) is 12.3. The Morgan fingerprint density at radius 1 is 1.19 bits per heavy atom. The summed E-state index contributed by atoms with van der Waals surface area (Å²) in [6, 6.07) is 8.29. The number of carbonyl (C=O) groups is 2. The maximum atomic E-state index is 12.7. The summed E-state index contributed by atoms with van der Waals surface area (Å²) in [6.45, 7) is 20.3. The van der Waals surface area contributed by atoms with E-state index in [1.165, 1.54) is 9.60 Å². The third-order valence-electron chi connectivity index (χ3n) is 8.69. The van der Waals surface area contributed by atoms with Gasteiger partial charge in [-0.05, 0) is 76.0 Å². The normalized spacial score (nSPS) is 17.7. The van der Waals surface area contributed by atoms with E-state index in [0.717, 1.165) is 34.9 Å². The number of rotatable bonds is 19. The Balaban J connectivity index is 1.37. The average molecular weight is 670 g/mol. The Bertz CT molecular complexity index is 1610. The van der Waals surface area contributed by atoms with E-state index >= 15 is 0 Å². The van der Waals surface area contributed by atoms with Crippen molar-refractivity contribution in [3.8, 4) is 0 Å².